The highest BCUT2D eigenvalue weighted by atomic mass is 32.2. The van der Waals surface area contributed by atoms with Crippen LogP contribution in [0.5, 0.6) is 0 Å². The van der Waals surface area contributed by atoms with Crippen molar-refractivity contribution in [2.75, 3.05) is 17.7 Å². The minimum Gasteiger partial charge on any atom is -0.466 e. The maximum atomic E-state index is 12.8. The van der Waals surface area contributed by atoms with E-state index in [0.29, 0.717) is 27.9 Å². The molecule has 9 heteroatoms. The lowest BCUT2D eigenvalue weighted by Crippen LogP contribution is -2.28. The molecule has 1 heterocycles. The fraction of sp³-hybridized carbons (Fsp3) is 0.250. The number of thiazole rings is 1. The zero-order chi connectivity index (χ0) is 23.6. The Kier molecular flexibility index (Phi) is 9.03. The number of nitrogens with zero attached hydrogens (tertiary/aromatic N) is 1. The van der Waals surface area contributed by atoms with Crippen LogP contribution in [0.15, 0.2) is 64.3 Å². The number of thioether (sulfide) groups is 1. The Balaban J connectivity index is 1.56. The normalized spacial score (nSPS) is 11.5. The van der Waals surface area contributed by atoms with Crippen molar-refractivity contribution in [3.63, 3.8) is 0 Å². The number of nitrogens with one attached hydrogen (secondary N) is 2. The van der Waals surface area contributed by atoms with Gasteiger partial charge in [0.15, 0.2) is 4.34 Å². The number of anilines is 1. The number of ether oxygens (including phenoxy) is 1. The average Bonchev–Trinajstić information content (AvgIpc) is 3.26. The summed E-state index contributed by atoms with van der Waals surface area (Å²) >= 11 is 2.64. The molecule has 2 N–H and O–H groups in total. The summed E-state index contributed by atoms with van der Waals surface area (Å²) in [7, 11) is 0. The summed E-state index contributed by atoms with van der Waals surface area (Å²) in [6.45, 7) is 4.00. The van der Waals surface area contributed by atoms with Crippen LogP contribution in [-0.4, -0.2) is 35.1 Å². The summed E-state index contributed by atoms with van der Waals surface area (Å²) in [5.41, 5.74) is 2.46. The van der Waals surface area contributed by atoms with Gasteiger partial charge in [0.25, 0.3) is 5.91 Å². The van der Waals surface area contributed by atoms with Crippen LogP contribution in [0.2, 0.25) is 0 Å². The second-order valence-corrected chi connectivity index (χ2v) is 9.16. The topological polar surface area (TPSA) is 97.4 Å². The molecule has 0 aliphatic carbocycles. The van der Waals surface area contributed by atoms with Gasteiger partial charge in [0.05, 0.1) is 41.8 Å². The number of rotatable bonds is 10. The van der Waals surface area contributed by atoms with E-state index in [4.69, 9.17) is 4.74 Å². The van der Waals surface area contributed by atoms with Gasteiger partial charge in [-0.3, -0.25) is 14.4 Å². The van der Waals surface area contributed by atoms with E-state index in [1.807, 2.05) is 37.3 Å². The fourth-order valence-corrected chi connectivity index (χ4v) is 4.64. The number of amides is 2. The van der Waals surface area contributed by atoms with Gasteiger partial charge in [0.2, 0.25) is 5.91 Å². The molecule has 3 rings (SSSR count). The van der Waals surface area contributed by atoms with E-state index in [2.05, 4.69) is 15.6 Å². The van der Waals surface area contributed by atoms with Gasteiger partial charge in [-0.1, -0.05) is 54.2 Å². The predicted octanol–water partition coefficient (Wildman–Crippen LogP) is 4.47. The largest absolute Gasteiger partial charge is 0.466 e. The summed E-state index contributed by atoms with van der Waals surface area (Å²) in [5, 5.41) is 7.56. The molecule has 7 nitrogen and oxygen atoms in total. The number of hydrogen-bond donors (Lipinski definition) is 2. The first-order valence-corrected chi connectivity index (χ1v) is 12.3. The Hall–Kier alpha value is -3.17. The number of hydrogen-bond acceptors (Lipinski definition) is 7. The zero-order valence-corrected chi connectivity index (χ0v) is 20.0. The first-order chi connectivity index (χ1) is 16.0. The van der Waals surface area contributed by atoms with Gasteiger partial charge in [-0.15, -0.1) is 11.3 Å². The average molecular weight is 484 g/mol. The lowest BCUT2D eigenvalue weighted by molar-refractivity contribution is -0.142. The summed E-state index contributed by atoms with van der Waals surface area (Å²) < 4.78 is 5.61. The van der Waals surface area contributed by atoms with E-state index in [0.717, 1.165) is 5.56 Å². The molecule has 0 aliphatic heterocycles. The second kappa shape index (κ2) is 12.2. The minimum atomic E-state index is -0.325. The van der Waals surface area contributed by atoms with E-state index < -0.39 is 0 Å². The molecule has 0 aliphatic rings. The Morgan fingerprint density at radius 1 is 1.09 bits per heavy atom. The maximum absolute atomic E-state index is 12.8. The van der Waals surface area contributed by atoms with E-state index >= 15 is 0 Å². The zero-order valence-electron chi connectivity index (χ0n) is 18.4. The van der Waals surface area contributed by atoms with Crippen molar-refractivity contribution in [3.8, 4) is 0 Å². The van der Waals surface area contributed by atoms with Crippen LogP contribution in [-0.2, 0) is 20.7 Å². The fourth-order valence-electron chi connectivity index (χ4n) is 3.00. The standard InChI is InChI=1S/C24H25N3O4S2/c1-3-31-22(29)13-18-14-32-24(26-18)33-15-21(28)27-20-12-8-7-11-19(20)23(30)25-16(2)17-9-5-4-6-10-17/h4-12,14,16H,3,13,15H2,1-2H3,(H,25,30)(H,27,28)/t16-/m0/s1. The van der Waals surface area contributed by atoms with Crippen LogP contribution in [0.25, 0.3) is 0 Å². The molecular weight excluding hydrogens is 458 g/mol. The summed E-state index contributed by atoms with van der Waals surface area (Å²) in [6, 6.07) is 16.4. The summed E-state index contributed by atoms with van der Waals surface area (Å²) in [4.78, 5) is 41.3. The SMILES string of the molecule is CCOC(=O)Cc1csc(SCC(=O)Nc2ccccc2C(=O)N[C@@H](C)c2ccccc2)n1. The van der Waals surface area contributed by atoms with Gasteiger partial charge < -0.3 is 15.4 Å². The van der Waals surface area contributed by atoms with Crippen molar-refractivity contribution in [1.82, 2.24) is 10.3 Å². The maximum Gasteiger partial charge on any atom is 0.311 e. The van der Waals surface area contributed by atoms with Gasteiger partial charge >= 0.3 is 5.97 Å². The van der Waals surface area contributed by atoms with Crippen molar-refractivity contribution < 1.29 is 19.1 Å². The number of carbonyl (C=O) groups is 3. The van der Waals surface area contributed by atoms with Gasteiger partial charge in [-0.25, -0.2) is 4.98 Å². The van der Waals surface area contributed by atoms with Crippen LogP contribution in [0.4, 0.5) is 5.69 Å². The van der Waals surface area contributed by atoms with Crippen LogP contribution in [0, 0.1) is 0 Å². The van der Waals surface area contributed by atoms with Gasteiger partial charge in [0, 0.05) is 5.38 Å². The van der Waals surface area contributed by atoms with Crippen molar-refractivity contribution in [2.45, 2.75) is 30.6 Å². The Labute approximate surface area is 201 Å². The predicted molar refractivity (Wildman–Crippen MR) is 131 cm³/mol. The third-order valence-electron chi connectivity index (χ3n) is 4.58. The molecule has 0 unspecified atom stereocenters. The first-order valence-electron chi connectivity index (χ1n) is 10.4. The Bertz CT molecular complexity index is 1100. The molecule has 0 fully saturated rings. The Morgan fingerprint density at radius 2 is 1.82 bits per heavy atom. The minimum absolute atomic E-state index is 0.112. The van der Waals surface area contributed by atoms with E-state index in [-0.39, 0.29) is 36.0 Å². The molecule has 0 saturated carbocycles. The molecular formula is C24H25N3O4S2. The monoisotopic (exact) mass is 483 g/mol. The lowest BCUT2D eigenvalue weighted by Gasteiger charge is -2.16. The second-order valence-electron chi connectivity index (χ2n) is 7.07. The van der Waals surface area contributed by atoms with Crippen molar-refractivity contribution >= 4 is 46.6 Å². The molecule has 1 aromatic heterocycles. The van der Waals surface area contributed by atoms with Crippen LogP contribution in [0.1, 0.15) is 41.5 Å². The quantitative estimate of drug-likeness (QED) is 0.326. The molecule has 33 heavy (non-hydrogen) atoms. The highest BCUT2D eigenvalue weighted by molar-refractivity contribution is 8.01. The molecule has 0 radical (unpaired) electrons. The van der Waals surface area contributed by atoms with Crippen molar-refractivity contribution in [3.05, 3.63) is 76.8 Å². The molecule has 1 atom stereocenters. The highest BCUT2D eigenvalue weighted by Crippen LogP contribution is 2.24. The van der Waals surface area contributed by atoms with Gasteiger partial charge in [-0.2, -0.15) is 0 Å². The molecule has 2 amide bonds. The Morgan fingerprint density at radius 3 is 2.58 bits per heavy atom. The van der Waals surface area contributed by atoms with E-state index in [1.54, 1.807) is 36.6 Å². The number of aromatic nitrogens is 1. The van der Waals surface area contributed by atoms with Crippen LogP contribution >= 0.6 is 23.1 Å². The number of carbonyl (C=O) groups excluding carboxylic acids is 3. The molecule has 2 aromatic carbocycles. The lowest BCUT2D eigenvalue weighted by atomic mass is 10.1. The molecule has 3 aromatic rings. The van der Waals surface area contributed by atoms with Crippen molar-refractivity contribution in [1.29, 1.82) is 0 Å². The molecule has 0 bridgehead atoms. The third kappa shape index (κ3) is 7.44. The molecule has 0 saturated heterocycles. The molecule has 0 spiro atoms. The first kappa shape index (κ1) is 24.5. The smallest absolute Gasteiger partial charge is 0.311 e. The molecule has 172 valence electrons. The van der Waals surface area contributed by atoms with Crippen LogP contribution in [0.3, 0.4) is 0 Å². The summed E-state index contributed by atoms with van der Waals surface area (Å²) in [6.07, 6.45) is 0.112. The van der Waals surface area contributed by atoms with Gasteiger partial charge in [0.1, 0.15) is 0 Å². The number of esters is 1. The van der Waals surface area contributed by atoms with E-state index in [9.17, 15) is 14.4 Å². The van der Waals surface area contributed by atoms with Gasteiger partial charge in [-0.05, 0) is 31.5 Å². The number of para-hydroxylation sites is 1. The highest BCUT2D eigenvalue weighted by Gasteiger charge is 2.16. The number of benzene rings is 2. The third-order valence-corrected chi connectivity index (χ3v) is 6.65. The van der Waals surface area contributed by atoms with E-state index in [1.165, 1.54) is 23.1 Å². The van der Waals surface area contributed by atoms with Crippen LogP contribution < -0.4 is 10.6 Å². The summed E-state index contributed by atoms with van der Waals surface area (Å²) in [5.74, 6) is -0.714. The van der Waals surface area contributed by atoms with Crippen molar-refractivity contribution in [2.24, 2.45) is 0 Å².